The highest BCUT2D eigenvalue weighted by molar-refractivity contribution is 6.64. The van der Waals surface area contributed by atoms with E-state index < -0.39 is 77.8 Å². The molecule has 0 spiro atoms. The Morgan fingerprint density at radius 2 is 0.807 bits per heavy atom. The Labute approximate surface area is 676 Å². The number of hydrogen-bond donors (Lipinski definition) is 11. The van der Waals surface area contributed by atoms with Crippen LogP contribution in [0.2, 0.25) is 13.6 Å². The number of aromatic carboxylic acids is 1. The summed E-state index contributed by atoms with van der Waals surface area (Å²) in [6.45, 7) is 44.7. The summed E-state index contributed by atoms with van der Waals surface area (Å²) in [7, 11) is -0.333. The number of amides is 2. The second-order valence-corrected chi connectivity index (χ2v) is 35.1. The number of Topliss-reactive ketones (excluding diaryl/α,β-unsaturated/α-hetero) is 4. The van der Waals surface area contributed by atoms with E-state index in [1.807, 2.05) is 74.4 Å². The predicted molar refractivity (Wildman–Crippen MR) is 439 cm³/mol. The van der Waals surface area contributed by atoms with Crippen molar-refractivity contribution >= 4 is 86.5 Å². The van der Waals surface area contributed by atoms with Crippen molar-refractivity contribution in [3.63, 3.8) is 0 Å². The van der Waals surface area contributed by atoms with Crippen LogP contribution in [0.15, 0.2) is 54.6 Å². The van der Waals surface area contributed by atoms with Crippen LogP contribution < -0.4 is 37.8 Å². The molecule has 7 rings (SSSR count). The average Bonchev–Trinajstić information content (AvgIpc) is 1.66. The number of carbonyl (C=O) groups is 11. The van der Waals surface area contributed by atoms with Crippen molar-refractivity contribution in [2.45, 2.75) is 299 Å². The number of epoxide rings is 4. The number of hydrogen-bond acceptors (Lipinski definition) is 24. The van der Waals surface area contributed by atoms with E-state index in [-0.39, 0.29) is 108 Å². The second kappa shape index (κ2) is 44.8. The van der Waals surface area contributed by atoms with Gasteiger partial charge in [0.1, 0.15) is 33.6 Å². The molecule has 0 unspecified atom stereocenters. The molecule has 2 amide bonds. The largest absolute Gasteiger partial charge is 0.481 e. The van der Waals surface area contributed by atoms with Crippen molar-refractivity contribution in [3.05, 3.63) is 105 Å². The molecule has 4 aliphatic heterocycles. The molecule has 3 aromatic rings. The van der Waals surface area contributed by atoms with E-state index in [2.05, 4.69) is 40.2 Å². The van der Waals surface area contributed by atoms with Crippen LogP contribution in [0.4, 0.5) is 0 Å². The molecule has 4 saturated heterocycles. The molecule has 633 valence electrons. The summed E-state index contributed by atoms with van der Waals surface area (Å²) in [5, 5.41) is 52.0. The van der Waals surface area contributed by atoms with Crippen LogP contribution in [-0.4, -0.2) is 209 Å². The Kier molecular flexibility index (Phi) is 39.6. The number of esters is 2. The maximum absolute atomic E-state index is 13.1. The van der Waals surface area contributed by atoms with Gasteiger partial charge in [-0.05, 0) is 242 Å². The molecule has 0 aromatic heterocycles. The second-order valence-electron chi connectivity index (χ2n) is 35.1. The summed E-state index contributed by atoms with van der Waals surface area (Å²) in [5.41, 5.74) is 14.0. The number of carboxylic acids is 2. The minimum absolute atomic E-state index is 0.0364. The molecular formula is C83H131B3N7O21. The van der Waals surface area contributed by atoms with Gasteiger partial charge in [-0.25, -0.2) is 4.79 Å². The first-order valence-electron chi connectivity index (χ1n) is 39.5. The zero-order valence-corrected chi connectivity index (χ0v) is 71.6. The van der Waals surface area contributed by atoms with E-state index in [0.29, 0.717) is 94.1 Å². The molecule has 3 aromatic carbocycles. The summed E-state index contributed by atoms with van der Waals surface area (Å²) >= 11 is 0. The first kappa shape index (κ1) is 101. The zero-order valence-electron chi connectivity index (χ0n) is 71.6. The molecule has 11 atom stereocenters. The lowest BCUT2D eigenvalue weighted by atomic mass is 9.85. The van der Waals surface area contributed by atoms with Crippen molar-refractivity contribution in [3.8, 4) is 0 Å². The van der Waals surface area contributed by atoms with Gasteiger partial charge in [0, 0.05) is 29.3 Å². The van der Waals surface area contributed by atoms with Crippen molar-refractivity contribution in [1.82, 2.24) is 26.3 Å². The fourth-order valence-corrected chi connectivity index (χ4v) is 12.3. The number of nitrogens with two attached hydrogens (primary N) is 2. The molecule has 0 saturated carbocycles. The number of ketones is 4. The highest BCUT2D eigenvalue weighted by atomic mass is 16.6. The number of ether oxygens (including phenoxy) is 6. The van der Waals surface area contributed by atoms with Crippen LogP contribution in [-0.2, 0) is 86.0 Å². The molecule has 0 bridgehead atoms. The highest BCUT2D eigenvalue weighted by Gasteiger charge is 2.52. The molecule has 114 heavy (non-hydrogen) atoms. The number of rotatable bonds is 40. The zero-order chi connectivity index (χ0) is 86.9. The highest BCUT2D eigenvalue weighted by Crippen LogP contribution is 2.33. The van der Waals surface area contributed by atoms with Gasteiger partial charge in [-0.15, -0.1) is 0 Å². The van der Waals surface area contributed by atoms with E-state index in [1.54, 1.807) is 125 Å². The summed E-state index contributed by atoms with van der Waals surface area (Å²) in [6, 6.07) is 12.3. The first-order chi connectivity index (χ1) is 52.5. The van der Waals surface area contributed by atoms with E-state index in [0.717, 1.165) is 39.8 Å². The lowest BCUT2D eigenvalue weighted by Crippen LogP contribution is -2.46. The normalized spacial score (nSPS) is 20.2. The van der Waals surface area contributed by atoms with Gasteiger partial charge in [0.2, 0.25) is 0 Å². The predicted octanol–water partition coefficient (Wildman–Crippen LogP) is 7.59. The maximum Gasteiger partial charge on any atom is 0.373 e. The van der Waals surface area contributed by atoms with Gasteiger partial charge in [0.25, 0.3) is 19.2 Å². The van der Waals surface area contributed by atoms with Gasteiger partial charge in [-0.1, -0.05) is 73.6 Å². The Bertz CT molecular complexity index is 3750. The van der Waals surface area contributed by atoms with Gasteiger partial charge in [0.05, 0.1) is 81.6 Å². The smallest absolute Gasteiger partial charge is 0.373 e. The van der Waals surface area contributed by atoms with Crippen LogP contribution >= 0.6 is 0 Å². The minimum atomic E-state index is -0.997. The Morgan fingerprint density at radius 3 is 1.11 bits per heavy atom. The summed E-state index contributed by atoms with van der Waals surface area (Å²) in [5.74, 6) is -2.16. The minimum Gasteiger partial charge on any atom is -0.481 e. The average molecular weight is 1600 g/mol. The summed E-state index contributed by atoms with van der Waals surface area (Å²) < 4.78 is 31.5. The van der Waals surface area contributed by atoms with Gasteiger partial charge in [-0.3, -0.25) is 43.2 Å². The molecule has 13 N–H and O–H groups in total. The monoisotopic (exact) mass is 1590 g/mol. The summed E-state index contributed by atoms with van der Waals surface area (Å²) in [4.78, 5) is 132. The quantitative estimate of drug-likeness (QED) is 0.0113. The molecule has 31 heteroatoms. The third kappa shape index (κ3) is 37.2. The Morgan fingerprint density at radius 1 is 0.500 bits per heavy atom. The fraction of sp³-hybridized carbons (Fsp3) is 0.651. The Balaban J connectivity index is 0.000000385. The molecular weight excluding hydrogens is 1460 g/mol. The molecule has 4 heterocycles. The SMILES string of the molecule is CB(O)N[C@H](CC(=O)OC(C)(C)C)Cc1cc(C(=O)N[C@@H](CC(C)C)C(=O)[C@]2(C)CO2)ccc1C.CB(O)N[C@H](CC(=O)OC(C)(C)C)Cc1cc(C(=O)O)ccc1C.CC(C)C[C@H](N)C(=O)[C@]1(C)CO1.CC(C)C[C@H](N[B]C=O)C(=O)[C@]1(C)CO1.Cc1ccc(C(=O)N[C@@H](CC(C)C)C(=O)[C@]2(C)CO2)cc1C[C@H](N)CC(=O)O. The third-order valence-electron chi connectivity index (χ3n) is 18.8. The molecule has 1 radical (unpaired) electrons. The third-order valence-corrected chi connectivity index (χ3v) is 18.8. The van der Waals surface area contributed by atoms with E-state index in [4.69, 9.17) is 50.1 Å². The van der Waals surface area contributed by atoms with Gasteiger partial charge in [0.15, 0.2) is 23.1 Å². The maximum atomic E-state index is 13.1. The lowest BCUT2D eigenvalue weighted by molar-refractivity contribution is -0.156. The van der Waals surface area contributed by atoms with Crippen LogP contribution in [0.25, 0.3) is 0 Å². The number of carbonyl (C=O) groups excluding carboxylic acids is 9. The van der Waals surface area contributed by atoms with Crippen molar-refractivity contribution < 1.29 is 101 Å². The lowest BCUT2D eigenvalue weighted by Gasteiger charge is -2.24. The molecule has 4 fully saturated rings. The van der Waals surface area contributed by atoms with E-state index in [1.165, 1.54) is 7.41 Å². The number of carboxylic acid groups (broad SMARTS) is 2. The van der Waals surface area contributed by atoms with Crippen molar-refractivity contribution in [2.75, 3.05) is 26.4 Å². The molecule has 28 nitrogen and oxygen atoms in total. The van der Waals surface area contributed by atoms with Crippen LogP contribution in [0.5, 0.6) is 0 Å². The number of aliphatic carboxylic acids is 1. The standard InChI is InChI=1S/C26H41BN2O6.C21H30N2O5.C17H26BNO5.C10H17BNO3.C9H17NO2/c1-16(2)11-21(23(31)26(7)15-34-26)28-24(32)18-10-9-17(3)19(12-18)13-20(29-27(8)33)14-22(30)35-25(4,5)6;1-12(2)7-17(19(26)21(4)11-28-21)23-20(27)14-6-5-13(3)15(8-14)9-16(22)10-18(24)25;1-11-6-7-12(16(21)22)8-13(11)9-14(19-18(5)23)10-15(20)24-17(2,3)4;1-7(2)4-8(12-11-6-13)9(14)10(3)5-15-10;1-6(2)4-7(10)8(11)9(3)5-12-9/h9-10,12,16,20-21,29,33H,11,13-15H2,1-8H3,(H,28,32);5-6,8,12,16-17H,7,9-11,22H2,1-4H3,(H,23,27)(H,24,25);6-8,14,19,23H,9-10H2,1-5H3,(H,21,22);6-8,12H,4-5H2,1-3H3;6-7H,4-5,10H2,1-3H3/t20-,21-,26-;16-,17-,21-;14-;8-,10-;7-,9-/m00000/s1. The topological polar surface area (TPSA) is 449 Å². The van der Waals surface area contributed by atoms with Gasteiger partial charge in [-0.2, -0.15) is 0 Å². The first-order valence-corrected chi connectivity index (χ1v) is 39.5. The number of benzene rings is 3. The summed E-state index contributed by atoms with van der Waals surface area (Å²) in [6.07, 6.45) is 4.37. The van der Waals surface area contributed by atoms with Crippen LogP contribution in [0.1, 0.15) is 234 Å². The molecule has 0 aliphatic carbocycles. The van der Waals surface area contributed by atoms with Crippen LogP contribution in [0, 0.1) is 44.4 Å². The van der Waals surface area contributed by atoms with E-state index >= 15 is 0 Å². The van der Waals surface area contributed by atoms with Gasteiger partial charge < -0.3 is 91.3 Å². The van der Waals surface area contributed by atoms with E-state index in [9.17, 15) is 62.8 Å². The number of nitrogens with one attached hydrogen (secondary N) is 5. The van der Waals surface area contributed by atoms with Gasteiger partial charge >= 0.3 is 38.0 Å². The fourth-order valence-electron chi connectivity index (χ4n) is 12.3. The number of aryl methyl sites for hydroxylation is 3. The molecule has 4 aliphatic rings. The van der Waals surface area contributed by atoms with Crippen molar-refractivity contribution in [1.29, 1.82) is 0 Å². The Hall–Kier alpha value is -7.42. The van der Waals surface area contributed by atoms with Crippen LogP contribution in [0.3, 0.4) is 0 Å². The van der Waals surface area contributed by atoms with Crippen molar-refractivity contribution in [2.24, 2.45) is 35.1 Å².